The maximum atomic E-state index is 11.1. The SMILES string of the molecule is CSc1cccc(N(C=O)/N=N\N)c1COc1ccn[nH]1. The van der Waals surface area contributed by atoms with Gasteiger partial charge in [-0.05, 0) is 23.6 Å². The number of carbonyl (C=O) groups is 1. The highest BCUT2D eigenvalue weighted by Crippen LogP contribution is 2.30. The van der Waals surface area contributed by atoms with Crippen LogP contribution in [0.2, 0.25) is 0 Å². The van der Waals surface area contributed by atoms with Gasteiger partial charge in [0.05, 0.1) is 11.9 Å². The fourth-order valence-corrected chi connectivity index (χ4v) is 2.38. The van der Waals surface area contributed by atoms with E-state index in [1.807, 2.05) is 18.4 Å². The summed E-state index contributed by atoms with van der Waals surface area (Å²) in [6, 6.07) is 7.21. The highest BCUT2D eigenvalue weighted by molar-refractivity contribution is 7.98. The number of aromatic nitrogens is 2. The Morgan fingerprint density at radius 3 is 3.00 bits per heavy atom. The van der Waals surface area contributed by atoms with Crippen LogP contribution in [0.1, 0.15) is 5.56 Å². The fraction of sp³-hybridized carbons (Fsp3) is 0.167. The minimum Gasteiger partial charge on any atom is -0.473 e. The molecule has 0 fully saturated rings. The Balaban J connectivity index is 2.33. The molecule has 110 valence electrons. The van der Waals surface area contributed by atoms with Crippen LogP contribution in [0, 0.1) is 0 Å². The van der Waals surface area contributed by atoms with E-state index in [9.17, 15) is 4.79 Å². The summed E-state index contributed by atoms with van der Waals surface area (Å²) in [5.74, 6) is 5.56. The highest BCUT2D eigenvalue weighted by atomic mass is 32.2. The number of benzene rings is 1. The van der Waals surface area contributed by atoms with Crippen LogP contribution in [0.5, 0.6) is 5.88 Å². The molecule has 0 unspecified atom stereocenters. The molecule has 21 heavy (non-hydrogen) atoms. The number of nitrogens with zero attached hydrogens (tertiary/aromatic N) is 4. The first-order valence-electron chi connectivity index (χ1n) is 5.93. The molecule has 0 aliphatic carbocycles. The quantitative estimate of drug-likeness (QED) is 0.267. The summed E-state index contributed by atoms with van der Waals surface area (Å²) < 4.78 is 5.61. The Labute approximate surface area is 125 Å². The minimum atomic E-state index is 0.249. The van der Waals surface area contributed by atoms with E-state index >= 15 is 0 Å². The zero-order valence-electron chi connectivity index (χ0n) is 11.3. The van der Waals surface area contributed by atoms with Crippen molar-refractivity contribution < 1.29 is 9.53 Å². The van der Waals surface area contributed by atoms with Gasteiger partial charge in [0.25, 0.3) is 0 Å². The second kappa shape index (κ2) is 7.29. The zero-order valence-corrected chi connectivity index (χ0v) is 12.1. The van der Waals surface area contributed by atoms with Crippen LogP contribution >= 0.6 is 11.8 Å². The largest absolute Gasteiger partial charge is 0.473 e. The maximum absolute atomic E-state index is 11.1. The number of carbonyl (C=O) groups excluding carboxylic acids is 1. The second-order valence-corrected chi connectivity index (χ2v) is 4.67. The molecule has 3 N–H and O–H groups in total. The topological polar surface area (TPSA) is 109 Å². The average Bonchev–Trinajstić information content (AvgIpc) is 3.03. The smallest absolute Gasteiger partial charge is 0.236 e. The third-order valence-electron chi connectivity index (χ3n) is 2.67. The van der Waals surface area contributed by atoms with Crippen LogP contribution in [0.15, 0.2) is 45.8 Å². The Hall–Kier alpha value is -2.55. The van der Waals surface area contributed by atoms with Crippen LogP contribution in [0.3, 0.4) is 0 Å². The number of nitrogens with two attached hydrogens (primary N) is 1. The van der Waals surface area contributed by atoms with E-state index in [0.717, 1.165) is 15.5 Å². The van der Waals surface area contributed by atoms with Crippen molar-refractivity contribution in [3.63, 3.8) is 0 Å². The van der Waals surface area contributed by atoms with Crippen molar-refractivity contribution in [1.29, 1.82) is 0 Å². The third kappa shape index (κ3) is 3.51. The molecule has 8 nitrogen and oxygen atoms in total. The number of hydrogen-bond acceptors (Lipinski definition) is 6. The number of H-pyrrole nitrogens is 1. The van der Waals surface area contributed by atoms with Gasteiger partial charge in [-0.1, -0.05) is 11.3 Å². The average molecular weight is 306 g/mol. The monoisotopic (exact) mass is 306 g/mol. The Morgan fingerprint density at radius 2 is 2.38 bits per heavy atom. The van der Waals surface area contributed by atoms with E-state index < -0.39 is 0 Å². The summed E-state index contributed by atoms with van der Waals surface area (Å²) in [6.07, 6.45) is 4.07. The van der Waals surface area contributed by atoms with E-state index in [-0.39, 0.29) is 6.61 Å². The molecule has 0 saturated heterocycles. The van der Waals surface area contributed by atoms with Gasteiger partial charge in [0.15, 0.2) is 0 Å². The molecule has 1 aromatic carbocycles. The molecule has 1 aromatic heterocycles. The van der Waals surface area contributed by atoms with Crippen molar-refractivity contribution in [2.24, 2.45) is 16.3 Å². The van der Waals surface area contributed by atoms with Gasteiger partial charge in [-0.25, -0.2) is 5.10 Å². The van der Waals surface area contributed by atoms with E-state index in [0.29, 0.717) is 18.0 Å². The standard InChI is InChI=1S/C12H14N6O2S/c1-21-11-4-2-3-10(18(8-19)17-16-13)9(11)7-20-12-5-6-14-15-12/h2-6,8H,7H2,1H3,(H2,13,17)(H,14,15). The van der Waals surface area contributed by atoms with Gasteiger partial charge >= 0.3 is 0 Å². The van der Waals surface area contributed by atoms with Crippen molar-refractivity contribution >= 4 is 23.9 Å². The summed E-state index contributed by atoms with van der Waals surface area (Å²) in [6.45, 7) is 0.249. The van der Waals surface area contributed by atoms with Crippen LogP contribution in [-0.2, 0) is 11.4 Å². The van der Waals surface area contributed by atoms with Crippen molar-refractivity contribution in [1.82, 2.24) is 10.2 Å². The van der Waals surface area contributed by atoms with E-state index in [4.69, 9.17) is 10.6 Å². The molecule has 0 spiro atoms. The van der Waals surface area contributed by atoms with Gasteiger partial charge in [0.1, 0.15) is 6.61 Å². The van der Waals surface area contributed by atoms with Gasteiger partial charge in [-0.15, -0.1) is 11.8 Å². The maximum Gasteiger partial charge on any atom is 0.236 e. The number of ether oxygens (including phenoxy) is 1. The van der Waals surface area contributed by atoms with Crippen LogP contribution in [0.25, 0.3) is 0 Å². The Kier molecular flexibility index (Phi) is 5.16. The van der Waals surface area contributed by atoms with Gasteiger partial charge in [0, 0.05) is 16.5 Å². The summed E-state index contributed by atoms with van der Waals surface area (Å²) >= 11 is 1.54. The number of anilines is 1. The lowest BCUT2D eigenvalue weighted by Crippen LogP contribution is -2.16. The predicted octanol–water partition coefficient (Wildman–Crippen LogP) is 1.91. The number of nitrogens with one attached hydrogen (secondary N) is 1. The first-order valence-corrected chi connectivity index (χ1v) is 7.16. The molecule has 0 atom stereocenters. The molecule has 0 bridgehead atoms. The number of rotatable bonds is 7. The van der Waals surface area contributed by atoms with Gasteiger partial charge < -0.3 is 10.6 Å². The summed E-state index contributed by atoms with van der Waals surface area (Å²) in [5.41, 5.74) is 1.37. The summed E-state index contributed by atoms with van der Waals surface area (Å²) in [5, 5.41) is 14.3. The summed E-state index contributed by atoms with van der Waals surface area (Å²) in [4.78, 5) is 12.1. The van der Waals surface area contributed by atoms with E-state index in [1.165, 1.54) is 0 Å². The second-order valence-electron chi connectivity index (χ2n) is 3.82. The molecule has 2 aromatic rings. The summed E-state index contributed by atoms with van der Waals surface area (Å²) in [7, 11) is 0. The minimum absolute atomic E-state index is 0.249. The molecule has 9 heteroatoms. The first-order chi connectivity index (χ1) is 10.3. The lowest BCUT2D eigenvalue weighted by atomic mass is 10.2. The fourth-order valence-electron chi connectivity index (χ4n) is 1.76. The predicted molar refractivity (Wildman–Crippen MR) is 78.7 cm³/mol. The lowest BCUT2D eigenvalue weighted by Gasteiger charge is -2.17. The molecular formula is C12H14N6O2S. The van der Waals surface area contributed by atoms with Crippen molar-refractivity contribution in [3.8, 4) is 5.88 Å². The normalized spacial score (nSPS) is 10.7. The Morgan fingerprint density at radius 1 is 1.52 bits per heavy atom. The van der Waals surface area contributed by atoms with E-state index in [1.54, 1.807) is 30.1 Å². The third-order valence-corrected chi connectivity index (χ3v) is 3.49. The lowest BCUT2D eigenvalue weighted by molar-refractivity contribution is -0.107. The van der Waals surface area contributed by atoms with Crippen molar-refractivity contribution in [2.45, 2.75) is 11.5 Å². The number of amides is 1. The molecule has 0 radical (unpaired) electrons. The molecule has 0 aliphatic rings. The van der Waals surface area contributed by atoms with Crippen LogP contribution in [0.4, 0.5) is 5.69 Å². The van der Waals surface area contributed by atoms with Gasteiger partial charge in [0.2, 0.25) is 12.3 Å². The van der Waals surface area contributed by atoms with Crippen molar-refractivity contribution in [2.75, 3.05) is 11.3 Å². The number of thioether (sulfide) groups is 1. The van der Waals surface area contributed by atoms with Gasteiger partial charge in [-0.3, -0.25) is 4.79 Å². The molecular weight excluding hydrogens is 292 g/mol. The highest BCUT2D eigenvalue weighted by Gasteiger charge is 2.15. The molecule has 0 aliphatic heterocycles. The molecule has 0 saturated carbocycles. The van der Waals surface area contributed by atoms with E-state index in [2.05, 4.69) is 20.6 Å². The Bertz CT molecular complexity index is 616. The van der Waals surface area contributed by atoms with Gasteiger partial charge in [-0.2, -0.15) is 10.1 Å². The molecule has 2 rings (SSSR count). The molecule has 1 amide bonds. The first kappa shape index (κ1) is 14.9. The van der Waals surface area contributed by atoms with Crippen LogP contribution in [-0.4, -0.2) is 22.9 Å². The number of hydrogen-bond donors (Lipinski definition) is 2. The van der Waals surface area contributed by atoms with Crippen molar-refractivity contribution in [3.05, 3.63) is 36.0 Å². The number of aromatic amines is 1. The zero-order chi connectivity index (χ0) is 15.1. The van der Waals surface area contributed by atoms with Crippen LogP contribution < -0.4 is 15.6 Å². The molecule has 1 heterocycles.